The van der Waals surface area contributed by atoms with E-state index in [4.69, 9.17) is 14.2 Å². The highest BCUT2D eigenvalue weighted by Gasteiger charge is 2.12. The van der Waals surface area contributed by atoms with Crippen molar-refractivity contribution in [1.82, 2.24) is 0 Å². The van der Waals surface area contributed by atoms with Crippen molar-refractivity contribution in [3.8, 4) is 11.5 Å². The fraction of sp³-hybridized carbons (Fsp3) is 0.455. The first kappa shape index (κ1) is 13.5. The molecule has 0 aliphatic carbocycles. The third-order valence-corrected chi connectivity index (χ3v) is 2.78. The van der Waals surface area contributed by atoms with Gasteiger partial charge < -0.3 is 14.2 Å². The Hall–Kier alpha value is -0.520. The molecule has 3 nitrogen and oxygen atoms in total. The highest BCUT2D eigenvalue weighted by molar-refractivity contribution is 7.98. The molecule has 5 heteroatoms. The van der Waals surface area contributed by atoms with E-state index in [1.165, 1.54) is 0 Å². The van der Waals surface area contributed by atoms with E-state index in [2.05, 4.69) is 25.3 Å². The number of hydrogen-bond acceptors (Lipinski definition) is 5. The van der Waals surface area contributed by atoms with Crippen LogP contribution in [0.2, 0.25) is 0 Å². The third kappa shape index (κ3) is 3.23. The maximum atomic E-state index is 5.45. The van der Waals surface area contributed by atoms with Crippen LogP contribution in [0.25, 0.3) is 0 Å². The van der Waals surface area contributed by atoms with E-state index in [0.29, 0.717) is 0 Å². The zero-order chi connectivity index (χ0) is 12.1. The molecule has 0 aliphatic rings. The topological polar surface area (TPSA) is 27.7 Å². The minimum absolute atomic E-state index is 0.167. The molecule has 1 aromatic rings. The maximum Gasteiger partial charge on any atom is 0.188 e. The number of hydrogen-bond donors (Lipinski definition) is 2. The standard InChI is InChI=1S/C11H16O3S2/c1-7-9(11(15)16)4-8(13-3)5-10(7)14-6-12-2/h4-5,11,15-16H,6H2,1-3H3. The lowest BCUT2D eigenvalue weighted by atomic mass is 10.1. The van der Waals surface area contributed by atoms with E-state index >= 15 is 0 Å². The highest BCUT2D eigenvalue weighted by Crippen LogP contribution is 2.35. The number of methoxy groups -OCH3 is 2. The van der Waals surface area contributed by atoms with E-state index in [0.717, 1.165) is 22.6 Å². The summed E-state index contributed by atoms with van der Waals surface area (Å²) >= 11 is 8.61. The Kier molecular flexibility index (Phi) is 5.31. The Bertz CT molecular complexity index is 353. The molecule has 0 aliphatic heterocycles. The fourth-order valence-electron chi connectivity index (χ4n) is 1.34. The number of benzene rings is 1. The first-order valence-electron chi connectivity index (χ1n) is 4.76. The molecule has 0 saturated carbocycles. The van der Waals surface area contributed by atoms with Crippen LogP contribution in [-0.4, -0.2) is 21.0 Å². The summed E-state index contributed by atoms with van der Waals surface area (Å²) in [6, 6.07) is 3.72. The summed E-state index contributed by atoms with van der Waals surface area (Å²) in [5.41, 5.74) is 1.96. The SMILES string of the molecule is COCOc1cc(OC)cc(C(S)S)c1C. The molecule has 90 valence electrons. The fourth-order valence-corrected chi connectivity index (χ4v) is 1.88. The van der Waals surface area contributed by atoms with Gasteiger partial charge in [-0.1, -0.05) is 0 Å². The van der Waals surface area contributed by atoms with Crippen molar-refractivity contribution in [2.45, 2.75) is 11.5 Å². The minimum Gasteiger partial charge on any atom is -0.497 e. The van der Waals surface area contributed by atoms with Crippen molar-refractivity contribution in [3.63, 3.8) is 0 Å². The summed E-state index contributed by atoms with van der Waals surface area (Å²) in [6.45, 7) is 2.16. The summed E-state index contributed by atoms with van der Waals surface area (Å²) in [7, 11) is 3.19. The predicted octanol–water partition coefficient (Wildman–Crippen LogP) is 2.84. The van der Waals surface area contributed by atoms with Crippen molar-refractivity contribution < 1.29 is 14.2 Å². The predicted molar refractivity (Wildman–Crippen MR) is 70.9 cm³/mol. The first-order chi connectivity index (χ1) is 7.60. The Balaban J connectivity index is 3.10. The Morgan fingerprint density at radius 1 is 1.25 bits per heavy atom. The van der Waals surface area contributed by atoms with E-state index in [1.54, 1.807) is 14.2 Å². The zero-order valence-corrected chi connectivity index (χ0v) is 11.3. The summed E-state index contributed by atoms with van der Waals surface area (Å²) in [5, 5.41) is 0. The van der Waals surface area contributed by atoms with Crippen molar-refractivity contribution in [2.75, 3.05) is 21.0 Å². The van der Waals surface area contributed by atoms with Crippen LogP contribution in [0.4, 0.5) is 0 Å². The molecule has 0 fully saturated rings. The quantitative estimate of drug-likeness (QED) is 0.630. The highest BCUT2D eigenvalue weighted by atomic mass is 32.2. The second-order valence-electron chi connectivity index (χ2n) is 3.26. The molecule has 0 aromatic heterocycles. The van der Waals surface area contributed by atoms with Gasteiger partial charge >= 0.3 is 0 Å². The maximum absolute atomic E-state index is 5.45. The van der Waals surface area contributed by atoms with Crippen LogP contribution >= 0.6 is 25.3 Å². The first-order valence-corrected chi connectivity index (χ1v) is 5.79. The van der Waals surface area contributed by atoms with Crippen molar-refractivity contribution in [3.05, 3.63) is 23.3 Å². The molecule has 0 atom stereocenters. The second-order valence-corrected chi connectivity index (χ2v) is 4.70. The zero-order valence-electron chi connectivity index (χ0n) is 9.56. The number of thiol groups is 2. The van der Waals surface area contributed by atoms with Crippen LogP contribution < -0.4 is 9.47 Å². The van der Waals surface area contributed by atoms with Gasteiger partial charge in [0.25, 0.3) is 0 Å². The lowest BCUT2D eigenvalue weighted by Gasteiger charge is -2.15. The smallest absolute Gasteiger partial charge is 0.188 e. The molecule has 16 heavy (non-hydrogen) atoms. The molecule has 0 saturated heterocycles. The van der Waals surface area contributed by atoms with E-state index in [-0.39, 0.29) is 11.4 Å². The molecule has 0 bridgehead atoms. The molecule has 0 unspecified atom stereocenters. The largest absolute Gasteiger partial charge is 0.497 e. The van der Waals surface area contributed by atoms with Gasteiger partial charge in [-0.15, -0.1) is 0 Å². The van der Waals surface area contributed by atoms with Crippen molar-refractivity contribution >= 4 is 25.3 Å². The average molecular weight is 260 g/mol. The minimum atomic E-state index is -0.167. The van der Waals surface area contributed by atoms with Crippen LogP contribution in [0.1, 0.15) is 15.7 Å². The molecule has 0 amide bonds. The van der Waals surface area contributed by atoms with Crippen LogP contribution in [0.15, 0.2) is 12.1 Å². The summed E-state index contributed by atoms with van der Waals surface area (Å²) in [6.07, 6.45) is 0. The lowest BCUT2D eigenvalue weighted by molar-refractivity contribution is 0.0504. The lowest BCUT2D eigenvalue weighted by Crippen LogP contribution is -2.02. The summed E-state index contributed by atoms with van der Waals surface area (Å²) in [5.74, 6) is 1.45. The number of ether oxygens (including phenoxy) is 3. The normalized spacial score (nSPS) is 10.6. The van der Waals surface area contributed by atoms with Gasteiger partial charge in [0, 0.05) is 13.2 Å². The monoisotopic (exact) mass is 260 g/mol. The molecular weight excluding hydrogens is 244 g/mol. The van der Waals surface area contributed by atoms with E-state index < -0.39 is 0 Å². The Morgan fingerprint density at radius 3 is 2.44 bits per heavy atom. The molecule has 1 aromatic carbocycles. The second kappa shape index (κ2) is 6.27. The van der Waals surface area contributed by atoms with Gasteiger partial charge in [0.15, 0.2) is 6.79 Å². The molecule has 0 radical (unpaired) electrons. The van der Waals surface area contributed by atoms with Crippen molar-refractivity contribution in [1.29, 1.82) is 0 Å². The van der Waals surface area contributed by atoms with E-state index in [9.17, 15) is 0 Å². The summed E-state index contributed by atoms with van der Waals surface area (Å²) < 4.78 is 15.3. The molecule has 0 spiro atoms. The summed E-state index contributed by atoms with van der Waals surface area (Å²) in [4.78, 5) is 0. The Morgan fingerprint density at radius 2 is 1.94 bits per heavy atom. The molecule has 1 rings (SSSR count). The van der Waals surface area contributed by atoms with Crippen LogP contribution in [0, 0.1) is 6.92 Å². The van der Waals surface area contributed by atoms with E-state index in [1.807, 2.05) is 19.1 Å². The van der Waals surface area contributed by atoms with Gasteiger partial charge in [-0.05, 0) is 24.1 Å². The van der Waals surface area contributed by atoms with Gasteiger partial charge in [-0.2, -0.15) is 25.3 Å². The van der Waals surface area contributed by atoms with Gasteiger partial charge in [-0.3, -0.25) is 0 Å². The molecular formula is C11H16O3S2. The van der Waals surface area contributed by atoms with Crippen LogP contribution in [-0.2, 0) is 4.74 Å². The molecule has 0 heterocycles. The van der Waals surface area contributed by atoms with Gasteiger partial charge in [0.1, 0.15) is 11.5 Å². The van der Waals surface area contributed by atoms with Gasteiger partial charge in [0.2, 0.25) is 0 Å². The third-order valence-electron chi connectivity index (χ3n) is 2.22. The van der Waals surface area contributed by atoms with Crippen LogP contribution in [0.5, 0.6) is 11.5 Å². The van der Waals surface area contributed by atoms with Gasteiger partial charge in [0.05, 0.1) is 11.7 Å². The van der Waals surface area contributed by atoms with Gasteiger partial charge in [-0.25, -0.2) is 0 Å². The van der Waals surface area contributed by atoms with Crippen LogP contribution in [0.3, 0.4) is 0 Å². The average Bonchev–Trinajstić information content (AvgIpc) is 2.27. The molecule has 0 N–H and O–H groups in total. The number of rotatable bonds is 5. The Labute approximate surface area is 107 Å². The van der Waals surface area contributed by atoms with Crippen molar-refractivity contribution in [2.24, 2.45) is 0 Å².